The Morgan fingerprint density at radius 1 is 1.50 bits per heavy atom. The Balaban J connectivity index is 2.08. The van der Waals surface area contributed by atoms with E-state index in [1.54, 1.807) is 0 Å². The molecule has 1 aliphatic heterocycles. The van der Waals surface area contributed by atoms with Crippen LogP contribution >= 0.6 is 0 Å². The summed E-state index contributed by atoms with van der Waals surface area (Å²) in [6, 6.07) is 0.378. The molecule has 1 aromatic heterocycles. The molecule has 0 radical (unpaired) electrons. The van der Waals surface area contributed by atoms with Crippen molar-refractivity contribution in [2.75, 3.05) is 6.54 Å². The summed E-state index contributed by atoms with van der Waals surface area (Å²) in [5.74, 6) is 2.21. The summed E-state index contributed by atoms with van der Waals surface area (Å²) in [4.78, 5) is 8.63. The van der Waals surface area contributed by atoms with E-state index in [1.165, 1.54) is 0 Å². The van der Waals surface area contributed by atoms with Crippen LogP contribution in [0.2, 0.25) is 0 Å². The third kappa shape index (κ3) is 2.29. The van der Waals surface area contributed by atoms with E-state index in [0.29, 0.717) is 18.5 Å². The van der Waals surface area contributed by atoms with Crippen molar-refractivity contribution in [2.45, 2.75) is 33.2 Å². The van der Waals surface area contributed by atoms with Gasteiger partial charge in [-0.1, -0.05) is 12.1 Å². The molecule has 0 atom stereocenters. The van der Waals surface area contributed by atoms with E-state index in [1.807, 2.05) is 13.0 Å². The molecule has 2 rings (SSSR count). The number of hydrogen-bond acceptors (Lipinski definition) is 5. The number of aromatic nitrogens is 2. The lowest BCUT2D eigenvalue weighted by Crippen LogP contribution is -2.27. The van der Waals surface area contributed by atoms with Crippen LogP contribution in [-0.2, 0) is 6.42 Å². The molecular weight excluding hydrogens is 204 g/mol. The van der Waals surface area contributed by atoms with Crippen molar-refractivity contribution >= 4 is 11.4 Å². The number of aliphatic imine (C=N–C) groups is 1. The molecule has 0 saturated carbocycles. The summed E-state index contributed by atoms with van der Waals surface area (Å²) in [5.41, 5.74) is 0.982. The second-order valence-corrected chi connectivity index (χ2v) is 4.04. The fourth-order valence-electron chi connectivity index (χ4n) is 1.47. The molecule has 0 aromatic carbocycles. The third-order valence-corrected chi connectivity index (χ3v) is 2.23. The molecule has 0 unspecified atom stereocenters. The van der Waals surface area contributed by atoms with E-state index in [2.05, 4.69) is 34.3 Å². The van der Waals surface area contributed by atoms with Crippen LogP contribution in [0.25, 0.3) is 5.57 Å². The average Bonchev–Trinajstić information content (AvgIpc) is 2.83. The van der Waals surface area contributed by atoms with Gasteiger partial charge in [-0.15, -0.1) is 0 Å². The Labute approximate surface area is 94.7 Å². The van der Waals surface area contributed by atoms with Gasteiger partial charge in [0, 0.05) is 18.0 Å². The summed E-state index contributed by atoms with van der Waals surface area (Å²) in [6.07, 6.45) is 2.75. The molecule has 0 amide bonds. The van der Waals surface area contributed by atoms with E-state index >= 15 is 0 Å². The first kappa shape index (κ1) is 10.9. The molecule has 5 heteroatoms. The van der Waals surface area contributed by atoms with E-state index < -0.39 is 0 Å². The van der Waals surface area contributed by atoms with Gasteiger partial charge in [0.1, 0.15) is 5.84 Å². The second-order valence-electron chi connectivity index (χ2n) is 4.04. The van der Waals surface area contributed by atoms with Gasteiger partial charge < -0.3 is 9.84 Å². The van der Waals surface area contributed by atoms with Crippen LogP contribution in [0, 0.1) is 0 Å². The van der Waals surface area contributed by atoms with Gasteiger partial charge in [-0.05, 0) is 19.9 Å². The van der Waals surface area contributed by atoms with Gasteiger partial charge in [0.15, 0.2) is 5.82 Å². The Morgan fingerprint density at radius 2 is 2.31 bits per heavy atom. The molecule has 1 aromatic rings. The smallest absolute Gasteiger partial charge is 0.255 e. The van der Waals surface area contributed by atoms with Gasteiger partial charge in [0.05, 0.1) is 6.54 Å². The average molecular weight is 220 g/mol. The highest BCUT2D eigenvalue weighted by Gasteiger charge is 2.16. The number of aryl methyl sites for hydroxylation is 1. The van der Waals surface area contributed by atoms with Crippen molar-refractivity contribution < 1.29 is 4.52 Å². The highest BCUT2D eigenvalue weighted by Crippen LogP contribution is 2.17. The summed E-state index contributed by atoms with van der Waals surface area (Å²) in [7, 11) is 0. The molecule has 2 heterocycles. The lowest BCUT2D eigenvalue weighted by Gasteiger charge is -2.06. The topological polar surface area (TPSA) is 63.3 Å². The second kappa shape index (κ2) is 4.47. The van der Waals surface area contributed by atoms with Gasteiger partial charge in [-0.3, -0.25) is 4.99 Å². The SMILES string of the molecule is CCc1noc(C2=CC(NC(C)C)=NC2)n1. The minimum atomic E-state index is 0.378. The van der Waals surface area contributed by atoms with Crippen molar-refractivity contribution in [3.8, 4) is 0 Å². The monoisotopic (exact) mass is 220 g/mol. The predicted molar refractivity (Wildman–Crippen MR) is 62.2 cm³/mol. The van der Waals surface area contributed by atoms with Crippen LogP contribution in [-0.4, -0.2) is 28.6 Å². The highest BCUT2D eigenvalue weighted by molar-refractivity contribution is 6.02. The molecular formula is C11H16N4O. The van der Waals surface area contributed by atoms with Crippen LogP contribution in [0.5, 0.6) is 0 Å². The van der Waals surface area contributed by atoms with Crippen molar-refractivity contribution in [3.63, 3.8) is 0 Å². The first-order valence-corrected chi connectivity index (χ1v) is 5.53. The standard InChI is InChI=1S/C11H16N4O/c1-4-9-14-11(16-15-9)8-5-10(12-6-8)13-7(2)3/h5,7H,4,6H2,1-3H3,(H,12,13). The first-order valence-electron chi connectivity index (χ1n) is 5.53. The summed E-state index contributed by atoms with van der Waals surface area (Å²) in [5, 5.41) is 7.11. The fraction of sp³-hybridized carbons (Fsp3) is 0.545. The van der Waals surface area contributed by atoms with Gasteiger partial charge in [0.25, 0.3) is 5.89 Å². The number of amidine groups is 1. The molecule has 0 spiro atoms. The highest BCUT2D eigenvalue weighted by atomic mass is 16.5. The quantitative estimate of drug-likeness (QED) is 0.836. The minimum Gasteiger partial charge on any atom is -0.368 e. The zero-order chi connectivity index (χ0) is 11.5. The predicted octanol–water partition coefficient (Wildman–Crippen LogP) is 1.43. The number of nitrogens with one attached hydrogen (secondary N) is 1. The molecule has 0 bridgehead atoms. The fourth-order valence-corrected chi connectivity index (χ4v) is 1.47. The largest absolute Gasteiger partial charge is 0.368 e. The molecule has 0 aliphatic carbocycles. The molecule has 0 saturated heterocycles. The first-order chi connectivity index (χ1) is 7.69. The van der Waals surface area contributed by atoms with Gasteiger partial charge in [-0.2, -0.15) is 4.98 Å². The summed E-state index contributed by atoms with van der Waals surface area (Å²) in [6.45, 7) is 6.77. The molecule has 5 nitrogen and oxygen atoms in total. The molecule has 16 heavy (non-hydrogen) atoms. The van der Waals surface area contributed by atoms with Crippen LogP contribution in [0.3, 0.4) is 0 Å². The van der Waals surface area contributed by atoms with E-state index in [9.17, 15) is 0 Å². The molecule has 0 fully saturated rings. The maximum absolute atomic E-state index is 5.16. The zero-order valence-corrected chi connectivity index (χ0v) is 9.82. The molecule has 1 N–H and O–H groups in total. The Kier molecular flexibility index (Phi) is 3.03. The van der Waals surface area contributed by atoms with Crippen LogP contribution < -0.4 is 5.32 Å². The van der Waals surface area contributed by atoms with E-state index in [0.717, 1.165) is 23.7 Å². The summed E-state index contributed by atoms with van der Waals surface area (Å²) >= 11 is 0. The lowest BCUT2D eigenvalue weighted by molar-refractivity contribution is 0.400. The van der Waals surface area contributed by atoms with Crippen LogP contribution in [0.15, 0.2) is 15.6 Å². The van der Waals surface area contributed by atoms with Crippen molar-refractivity contribution in [1.82, 2.24) is 15.5 Å². The Morgan fingerprint density at radius 3 is 2.94 bits per heavy atom. The van der Waals surface area contributed by atoms with Crippen LogP contribution in [0.4, 0.5) is 0 Å². The third-order valence-electron chi connectivity index (χ3n) is 2.23. The zero-order valence-electron chi connectivity index (χ0n) is 9.82. The molecule has 1 aliphatic rings. The van der Waals surface area contributed by atoms with E-state index in [-0.39, 0.29) is 0 Å². The maximum atomic E-state index is 5.16. The van der Waals surface area contributed by atoms with Gasteiger partial charge in [-0.25, -0.2) is 0 Å². The maximum Gasteiger partial charge on any atom is 0.255 e. The number of rotatable bonds is 3. The van der Waals surface area contributed by atoms with Crippen molar-refractivity contribution in [2.24, 2.45) is 4.99 Å². The van der Waals surface area contributed by atoms with Crippen LogP contribution in [0.1, 0.15) is 32.5 Å². The normalized spacial score (nSPS) is 15.2. The number of nitrogens with zero attached hydrogens (tertiary/aromatic N) is 3. The molecule has 86 valence electrons. The minimum absolute atomic E-state index is 0.378. The lowest BCUT2D eigenvalue weighted by atomic mass is 10.2. The van der Waals surface area contributed by atoms with E-state index in [4.69, 9.17) is 4.52 Å². The Hall–Kier alpha value is -1.65. The van der Waals surface area contributed by atoms with Crippen molar-refractivity contribution in [3.05, 3.63) is 17.8 Å². The summed E-state index contributed by atoms with van der Waals surface area (Å²) < 4.78 is 5.16. The number of hydrogen-bond donors (Lipinski definition) is 1. The van der Waals surface area contributed by atoms with Gasteiger partial charge in [0.2, 0.25) is 0 Å². The van der Waals surface area contributed by atoms with Crippen molar-refractivity contribution in [1.29, 1.82) is 0 Å². The Bertz CT molecular complexity index is 431. The van der Waals surface area contributed by atoms with Gasteiger partial charge >= 0.3 is 0 Å².